The van der Waals surface area contributed by atoms with Gasteiger partial charge in [-0.25, -0.2) is 4.39 Å². The van der Waals surface area contributed by atoms with Crippen LogP contribution in [0.4, 0.5) is 22.0 Å². The number of rotatable bonds is 4. The third-order valence-electron chi connectivity index (χ3n) is 0.501. The van der Waals surface area contributed by atoms with Crippen molar-refractivity contribution in [2.24, 2.45) is 0 Å². The average Bonchev–Trinajstić information content (AvgIpc) is 1.82. The fourth-order valence-corrected chi connectivity index (χ4v) is 0.207. The summed E-state index contributed by atoms with van der Waals surface area (Å²) < 4.78 is 58.1. The molecular formula is C3HCl2F5O2. The quantitative estimate of drug-likeness (QED) is 0.323. The summed E-state index contributed by atoms with van der Waals surface area (Å²) >= 11 is 8.15. The van der Waals surface area contributed by atoms with Gasteiger partial charge in [-0.15, -0.1) is 4.89 Å². The summed E-state index contributed by atoms with van der Waals surface area (Å²) in [7, 11) is 0. The molecule has 74 valence electrons. The third kappa shape index (κ3) is 4.91. The molecule has 12 heavy (non-hydrogen) atoms. The molecule has 0 aliphatic rings. The fraction of sp³-hybridized carbons (Fsp3) is 1.00. The van der Waals surface area contributed by atoms with Crippen molar-refractivity contribution in [2.45, 2.75) is 17.3 Å². The lowest BCUT2D eigenvalue weighted by Crippen LogP contribution is -2.32. The van der Waals surface area contributed by atoms with E-state index < -0.39 is 17.3 Å². The lowest BCUT2D eigenvalue weighted by Gasteiger charge is -2.16. The number of hydrogen-bond acceptors (Lipinski definition) is 2. The minimum atomic E-state index is -4.68. The molecule has 0 spiro atoms. The lowest BCUT2D eigenvalue weighted by atomic mass is 10.7. The molecule has 1 atom stereocenters. The minimum absolute atomic E-state index is 2.61. The van der Waals surface area contributed by atoms with Crippen LogP contribution in [0.1, 0.15) is 0 Å². The Morgan fingerprint density at radius 2 is 1.50 bits per heavy atom. The van der Waals surface area contributed by atoms with Crippen molar-refractivity contribution < 1.29 is 31.7 Å². The van der Waals surface area contributed by atoms with Gasteiger partial charge in [0.2, 0.25) is 0 Å². The van der Waals surface area contributed by atoms with Crippen LogP contribution >= 0.6 is 23.2 Å². The van der Waals surface area contributed by atoms with Crippen molar-refractivity contribution >= 4 is 23.2 Å². The van der Waals surface area contributed by atoms with E-state index in [4.69, 9.17) is 0 Å². The van der Waals surface area contributed by atoms with Crippen LogP contribution in [0.3, 0.4) is 0 Å². The fourth-order valence-electron chi connectivity index (χ4n) is 0.139. The van der Waals surface area contributed by atoms with Crippen LogP contribution in [0, 0.1) is 0 Å². The Hall–Kier alpha value is 0.150. The normalized spacial score (nSPS) is 16.2. The molecule has 0 fully saturated rings. The Morgan fingerprint density at radius 3 is 1.75 bits per heavy atom. The highest BCUT2D eigenvalue weighted by Gasteiger charge is 2.45. The first-order chi connectivity index (χ1) is 5.15. The van der Waals surface area contributed by atoms with Gasteiger partial charge in [0.1, 0.15) is 0 Å². The van der Waals surface area contributed by atoms with Crippen molar-refractivity contribution in [3.63, 3.8) is 0 Å². The Kier molecular flexibility index (Phi) is 3.95. The molecule has 0 N–H and O–H groups in total. The smallest absolute Gasteiger partial charge is 0.220 e. The predicted octanol–water partition coefficient (Wildman–Crippen LogP) is 2.85. The van der Waals surface area contributed by atoms with Crippen LogP contribution in [0.25, 0.3) is 0 Å². The van der Waals surface area contributed by atoms with Crippen LogP contribution in [-0.4, -0.2) is 17.3 Å². The molecular weight excluding hydrogens is 234 g/mol. The van der Waals surface area contributed by atoms with Gasteiger partial charge in [0.15, 0.2) is 0 Å². The van der Waals surface area contributed by atoms with Crippen LogP contribution in [0.5, 0.6) is 0 Å². The maximum absolute atomic E-state index is 11.8. The largest absolute Gasteiger partial charge is 0.467 e. The second kappa shape index (κ2) is 3.91. The van der Waals surface area contributed by atoms with Gasteiger partial charge in [0.05, 0.1) is 0 Å². The van der Waals surface area contributed by atoms with Gasteiger partial charge < -0.3 is 0 Å². The Balaban J connectivity index is 3.93. The van der Waals surface area contributed by atoms with Crippen molar-refractivity contribution in [1.29, 1.82) is 0 Å². The highest BCUT2D eigenvalue weighted by Crippen LogP contribution is 2.30. The summed E-state index contributed by atoms with van der Waals surface area (Å²) in [6, 6.07) is 0. The van der Waals surface area contributed by atoms with Crippen LogP contribution in [0.15, 0.2) is 0 Å². The number of hydrogen-bond donors (Lipinski definition) is 0. The maximum Gasteiger partial charge on any atom is 0.467 e. The summed E-state index contributed by atoms with van der Waals surface area (Å²) in [5.74, 6) is 0. The van der Waals surface area contributed by atoms with E-state index in [1.807, 2.05) is 0 Å². The summed E-state index contributed by atoms with van der Waals surface area (Å²) in [5, 5.41) is 0. The molecule has 0 amide bonds. The minimum Gasteiger partial charge on any atom is -0.220 e. The molecule has 0 aliphatic carbocycles. The summed E-state index contributed by atoms with van der Waals surface area (Å²) in [5.41, 5.74) is -7.77. The van der Waals surface area contributed by atoms with E-state index in [1.54, 1.807) is 0 Å². The highest BCUT2D eigenvalue weighted by atomic mass is 35.5. The molecule has 9 heteroatoms. The summed E-state index contributed by atoms with van der Waals surface area (Å²) in [6.07, 6.45) is -4.68. The first-order valence-corrected chi connectivity index (χ1v) is 3.06. The molecule has 0 bridgehead atoms. The van der Waals surface area contributed by atoms with Crippen LogP contribution in [0.2, 0.25) is 0 Å². The maximum atomic E-state index is 11.8. The van der Waals surface area contributed by atoms with Crippen molar-refractivity contribution in [3.8, 4) is 0 Å². The van der Waals surface area contributed by atoms with Gasteiger partial charge in [-0.3, -0.25) is 0 Å². The van der Waals surface area contributed by atoms with E-state index in [0.717, 1.165) is 0 Å². The second-order valence-electron chi connectivity index (χ2n) is 1.47. The molecule has 1 unspecified atom stereocenters. The SMILES string of the molecule is FC(Cl)C(F)(F)OOC(F)(F)Cl. The molecule has 0 heterocycles. The highest BCUT2D eigenvalue weighted by molar-refractivity contribution is 6.20. The zero-order valence-corrected chi connectivity index (χ0v) is 6.55. The van der Waals surface area contributed by atoms with Crippen LogP contribution in [-0.2, 0) is 9.78 Å². The van der Waals surface area contributed by atoms with Gasteiger partial charge in [-0.1, -0.05) is 11.6 Å². The molecule has 0 saturated carbocycles. The Morgan fingerprint density at radius 1 is 1.08 bits per heavy atom. The van der Waals surface area contributed by atoms with E-state index in [2.05, 4.69) is 33.0 Å². The van der Waals surface area contributed by atoms with Gasteiger partial charge in [0, 0.05) is 0 Å². The Labute approximate surface area is 73.1 Å². The average molecular weight is 235 g/mol. The molecule has 2 nitrogen and oxygen atoms in total. The van der Waals surface area contributed by atoms with Gasteiger partial charge >= 0.3 is 11.7 Å². The predicted molar refractivity (Wildman–Crippen MR) is 28.7 cm³/mol. The molecule has 0 aromatic rings. The molecule has 0 radical (unpaired) electrons. The zero-order chi connectivity index (χ0) is 9.99. The van der Waals surface area contributed by atoms with E-state index in [9.17, 15) is 22.0 Å². The van der Waals surface area contributed by atoms with Gasteiger partial charge in [0.25, 0.3) is 5.63 Å². The van der Waals surface area contributed by atoms with Crippen molar-refractivity contribution in [2.75, 3.05) is 0 Å². The van der Waals surface area contributed by atoms with E-state index >= 15 is 0 Å². The van der Waals surface area contributed by atoms with Gasteiger partial charge in [-0.2, -0.15) is 22.4 Å². The van der Waals surface area contributed by atoms with E-state index in [0.29, 0.717) is 0 Å². The third-order valence-corrected chi connectivity index (χ3v) is 0.818. The topological polar surface area (TPSA) is 18.5 Å². The second-order valence-corrected chi connectivity index (χ2v) is 2.30. The molecule has 0 aliphatic heterocycles. The molecule has 0 aromatic carbocycles. The van der Waals surface area contributed by atoms with Gasteiger partial charge in [-0.05, 0) is 11.6 Å². The first-order valence-electron chi connectivity index (χ1n) is 2.24. The molecule has 0 saturated heterocycles. The van der Waals surface area contributed by atoms with Crippen LogP contribution < -0.4 is 0 Å². The first kappa shape index (κ1) is 12.2. The summed E-state index contributed by atoms with van der Waals surface area (Å²) in [4.78, 5) is 5.25. The molecule has 0 aromatic heterocycles. The zero-order valence-electron chi connectivity index (χ0n) is 5.04. The number of alkyl halides is 7. The summed E-state index contributed by atoms with van der Waals surface area (Å²) in [6.45, 7) is 0. The standard InChI is InChI=1S/C3HCl2F5O2/c4-1(6)2(7,8)11-12-3(5,9)10/h1H. The molecule has 0 rings (SSSR count). The van der Waals surface area contributed by atoms with E-state index in [1.165, 1.54) is 0 Å². The van der Waals surface area contributed by atoms with E-state index in [-0.39, 0.29) is 0 Å². The van der Waals surface area contributed by atoms with Crippen molar-refractivity contribution in [3.05, 3.63) is 0 Å². The lowest BCUT2D eigenvalue weighted by molar-refractivity contribution is -0.502. The number of halogens is 7. The monoisotopic (exact) mass is 234 g/mol. The Bertz CT molecular complexity index is 146. The van der Waals surface area contributed by atoms with Crippen molar-refractivity contribution in [1.82, 2.24) is 0 Å².